The van der Waals surface area contributed by atoms with Gasteiger partial charge in [-0.05, 0) is 40.0 Å². The number of aromatic nitrogens is 5. The molecule has 9 nitrogen and oxygen atoms in total. The Hall–Kier alpha value is -3.17. The standard InChI is InChI=1S/C21H27FN6O3/c1-21(2,3)31-20(29)25-14-6-5-7-15(8-14)30-19-18-16(22)10-24-28(18)12-17(26-19)13-9-23-27(4)11-13/h9-12,14-15H,5-8H2,1-4H3,(H,25,29)/t14-,15+/m0/s1. The molecule has 10 heteroatoms. The van der Waals surface area contributed by atoms with E-state index < -0.39 is 17.5 Å². The monoisotopic (exact) mass is 430 g/mol. The Morgan fingerprint density at radius 1 is 1.23 bits per heavy atom. The van der Waals surface area contributed by atoms with Gasteiger partial charge in [0.2, 0.25) is 5.88 Å². The van der Waals surface area contributed by atoms with E-state index in [0.29, 0.717) is 12.1 Å². The molecule has 1 aliphatic rings. The van der Waals surface area contributed by atoms with Crippen molar-refractivity contribution >= 4 is 11.6 Å². The molecule has 0 spiro atoms. The van der Waals surface area contributed by atoms with Crippen molar-refractivity contribution in [3.63, 3.8) is 0 Å². The Morgan fingerprint density at radius 2 is 2.03 bits per heavy atom. The first-order valence-corrected chi connectivity index (χ1v) is 10.4. The average Bonchev–Trinajstić information content (AvgIpc) is 3.26. The second-order valence-electron chi connectivity index (χ2n) is 8.87. The lowest BCUT2D eigenvalue weighted by molar-refractivity contribution is 0.0462. The Balaban J connectivity index is 1.53. The van der Waals surface area contributed by atoms with Crippen LogP contribution in [0.25, 0.3) is 16.8 Å². The van der Waals surface area contributed by atoms with E-state index in [1.807, 2.05) is 34.0 Å². The number of hydrogen-bond acceptors (Lipinski definition) is 6. The van der Waals surface area contributed by atoms with E-state index in [1.165, 1.54) is 4.52 Å². The van der Waals surface area contributed by atoms with Crippen LogP contribution in [-0.2, 0) is 11.8 Å². The summed E-state index contributed by atoms with van der Waals surface area (Å²) in [4.78, 5) is 16.7. The van der Waals surface area contributed by atoms with Crippen molar-refractivity contribution < 1.29 is 18.7 Å². The summed E-state index contributed by atoms with van der Waals surface area (Å²) in [5.41, 5.74) is 0.988. The molecule has 0 bridgehead atoms. The molecule has 0 aliphatic heterocycles. The lowest BCUT2D eigenvalue weighted by Gasteiger charge is -2.30. The summed E-state index contributed by atoms with van der Waals surface area (Å²) in [6.07, 6.45) is 8.69. The highest BCUT2D eigenvalue weighted by molar-refractivity contribution is 5.68. The second-order valence-corrected chi connectivity index (χ2v) is 8.87. The van der Waals surface area contributed by atoms with Crippen molar-refractivity contribution in [2.45, 2.75) is 64.2 Å². The van der Waals surface area contributed by atoms with Crippen molar-refractivity contribution in [3.05, 3.63) is 30.6 Å². The fraction of sp³-hybridized carbons (Fsp3) is 0.524. The van der Waals surface area contributed by atoms with Crippen molar-refractivity contribution in [2.24, 2.45) is 7.05 Å². The van der Waals surface area contributed by atoms with Gasteiger partial charge in [0, 0.05) is 31.3 Å². The number of rotatable bonds is 4. The number of ether oxygens (including phenoxy) is 2. The molecule has 31 heavy (non-hydrogen) atoms. The summed E-state index contributed by atoms with van der Waals surface area (Å²) >= 11 is 0. The van der Waals surface area contributed by atoms with Gasteiger partial charge in [0.1, 0.15) is 11.7 Å². The van der Waals surface area contributed by atoms with Crippen LogP contribution < -0.4 is 10.1 Å². The minimum absolute atomic E-state index is 0.0825. The second kappa shape index (κ2) is 8.16. The molecule has 0 unspecified atom stereocenters. The van der Waals surface area contributed by atoms with Crippen LogP contribution >= 0.6 is 0 Å². The van der Waals surface area contributed by atoms with Crippen LogP contribution in [-0.4, -0.2) is 48.2 Å². The summed E-state index contributed by atoms with van der Waals surface area (Å²) in [6.45, 7) is 5.48. The van der Waals surface area contributed by atoms with Gasteiger partial charge in [0.25, 0.3) is 0 Å². The van der Waals surface area contributed by atoms with Gasteiger partial charge in [-0.3, -0.25) is 4.68 Å². The maximum absolute atomic E-state index is 14.4. The van der Waals surface area contributed by atoms with Gasteiger partial charge in [-0.1, -0.05) is 0 Å². The molecule has 4 rings (SSSR count). The molecule has 3 aromatic heterocycles. The highest BCUT2D eigenvalue weighted by atomic mass is 19.1. The minimum Gasteiger partial charge on any atom is -0.473 e. The number of aryl methyl sites for hydroxylation is 1. The van der Waals surface area contributed by atoms with Crippen LogP contribution in [0.3, 0.4) is 0 Å². The largest absolute Gasteiger partial charge is 0.473 e. The lowest BCUT2D eigenvalue weighted by Crippen LogP contribution is -2.43. The predicted octanol–water partition coefficient (Wildman–Crippen LogP) is 3.48. The molecule has 2 atom stereocenters. The van der Waals surface area contributed by atoms with Crippen LogP contribution in [0, 0.1) is 5.82 Å². The van der Waals surface area contributed by atoms with E-state index >= 15 is 0 Å². The highest BCUT2D eigenvalue weighted by Gasteiger charge is 2.28. The predicted molar refractivity (Wildman–Crippen MR) is 111 cm³/mol. The first-order chi connectivity index (χ1) is 14.7. The third-order valence-corrected chi connectivity index (χ3v) is 5.05. The molecule has 1 N–H and O–H groups in total. The van der Waals surface area contributed by atoms with E-state index in [0.717, 1.165) is 31.0 Å². The minimum atomic E-state index is -0.559. The van der Waals surface area contributed by atoms with Gasteiger partial charge >= 0.3 is 6.09 Å². The quantitative estimate of drug-likeness (QED) is 0.681. The van der Waals surface area contributed by atoms with E-state index in [1.54, 1.807) is 17.1 Å². The molecule has 166 valence electrons. The molecule has 1 fully saturated rings. The number of amides is 1. The Labute approximate surface area is 179 Å². The molecule has 1 amide bonds. The molecule has 1 saturated carbocycles. The van der Waals surface area contributed by atoms with Gasteiger partial charge in [-0.2, -0.15) is 10.2 Å². The van der Waals surface area contributed by atoms with Crippen molar-refractivity contribution in [1.82, 2.24) is 29.7 Å². The first kappa shape index (κ1) is 21.1. The number of carbonyl (C=O) groups is 1. The molecule has 1 aliphatic carbocycles. The smallest absolute Gasteiger partial charge is 0.407 e. The first-order valence-electron chi connectivity index (χ1n) is 10.4. The van der Waals surface area contributed by atoms with Crippen molar-refractivity contribution in [3.8, 4) is 17.1 Å². The van der Waals surface area contributed by atoms with Crippen LogP contribution in [0.15, 0.2) is 24.8 Å². The molecule has 0 radical (unpaired) electrons. The Bertz CT molecular complexity index is 1090. The fourth-order valence-corrected chi connectivity index (χ4v) is 3.74. The van der Waals surface area contributed by atoms with E-state index in [4.69, 9.17) is 9.47 Å². The number of hydrogen-bond donors (Lipinski definition) is 1. The molecule has 0 saturated heterocycles. The van der Waals surface area contributed by atoms with Gasteiger partial charge in [-0.25, -0.2) is 18.7 Å². The molecular weight excluding hydrogens is 403 g/mol. The lowest BCUT2D eigenvalue weighted by atomic mass is 9.93. The van der Waals surface area contributed by atoms with Crippen LogP contribution in [0.1, 0.15) is 46.5 Å². The number of carbonyl (C=O) groups excluding carboxylic acids is 1. The Kier molecular flexibility index (Phi) is 5.55. The SMILES string of the molecule is Cn1cc(-c2cn3ncc(F)c3c(O[C@@H]3CCC[C@H](NC(=O)OC(C)(C)C)C3)n2)cn1. The van der Waals surface area contributed by atoms with E-state index in [9.17, 15) is 9.18 Å². The normalized spacial score (nSPS) is 19.4. The third-order valence-electron chi connectivity index (χ3n) is 5.05. The number of alkyl carbamates (subject to hydrolysis) is 1. The number of nitrogens with zero attached hydrogens (tertiary/aromatic N) is 5. The maximum atomic E-state index is 14.4. The summed E-state index contributed by atoms with van der Waals surface area (Å²) in [5.74, 6) is -0.321. The van der Waals surface area contributed by atoms with Gasteiger partial charge in [0.05, 0.1) is 24.3 Å². The molecule has 0 aromatic carbocycles. The summed E-state index contributed by atoms with van der Waals surface area (Å²) in [5, 5.41) is 11.2. The molecular formula is C21H27FN6O3. The number of nitrogens with one attached hydrogen (secondary N) is 1. The van der Waals surface area contributed by atoms with Crippen molar-refractivity contribution in [1.29, 1.82) is 0 Å². The van der Waals surface area contributed by atoms with Crippen LogP contribution in [0.4, 0.5) is 9.18 Å². The molecule has 3 aromatic rings. The third kappa shape index (κ3) is 4.95. The fourth-order valence-electron chi connectivity index (χ4n) is 3.74. The summed E-state index contributed by atoms with van der Waals surface area (Å²) in [6, 6.07) is -0.0825. The maximum Gasteiger partial charge on any atom is 0.407 e. The van der Waals surface area contributed by atoms with E-state index in [-0.39, 0.29) is 23.5 Å². The van der Waals surface area contributed by atoms with Crippen molar-refractivity contribution in [2.75, 3.05) is 0 Å². The van der Waals surface area contributed by atoms with Crippen LogP contribution in [0.2, 0.25) is 0 Å². The molecule has 3 heterocycles. The van der Waals surface area contributed by atoms with Crippen LogP contribution in [0.5, 0.6) is 5.88 Å². The zero-order chi connectivity index (χ0) is 22.2. The van der Waals surface area contributed by atoms with E-state index in [2.05, 4.69) is 20.5 Å². The topological polar surface area (TPSA) is 95.6 Å². The highest BCUT2D eigenvalue weighted by Crippen LogP contribution is 2.29. The van der Waals surface area contributed by atoms with Gasteiger partial charge < -0.3 is 14.8 Å². The average molecular weight is 430 g/mol. The Morgan fingerprint density at radius 3 is 2.74 bits per heavy atom. The number of halogens is 1. The summed E-state index contributed by atoms with van der Waals surface area (Å²) < 4.78 is 29.0. The summed E-state index contributed by atoms with van der Waals surface area (Å²) in [7, 11) is 1.81. The zero-order valence-electron chi connectivity index (χ0n) is 18.1. The van der Waals surface area contributed by atoms with Gasteiger partial charge in [0.15, 0.2) is 11.3 Å². The zero-order valence-corrected chi connectivity index (χ0v) is 18.1. The van der Waals surface area contributed by atoms with Gasteiger partial charge in [-0.15, -0.1) is 0 Å². The number of fused-ring (bicyclic) bond motifs is 1.